The topological polar surface area (TPSA) is 52.6 Å². The highest BCUT2D eigenvalue weighted by molar-refractivity contribution is 5.94. The number of amides is 1. The van der Waals surface area contributed by atoms with Gasteiger partial charge in [0, 0.05) is 25.7 Å². The molecule has 0 bridgehead atoms. The molecule has 1 atom stereocenters. The largest absolute Gasteiger partial charge is 0.395 e. The summed E-state index contributed by atoms with van der Waals surface area (Å²) in [5.74, 6) is -1.97. The van der Waals surface area contributed by atoms with Gasteiger partial charge in [0.2, 0.25) is 0 Å². The maximum Gasteiger partial charge on any atom is 0.254 e. The first-order valence-electron chi connectivity index (χ1n) is 7.76. The second-order valence-corrected chi connectivity index (χ2v) is 5.84. The Hall–Kier alpha value is -1.79. The Kier molecular flexibility index (Phi) is 6.24. The molecule has 126 valence electrons. The molecule has 0 saturated carbocycles. The SMILES string of the molecule is CC(CC1=CCN(CCO)CC1)NC(=O)c1cc(F)ccc1F. The van der Waals surface area contributed by atoms with Crippen molar-refractivity contribution < 1.29 is 18.7 Å². The molecule has 4 nitrogen and oxygen atoms in total. The predicted molar refractivity (Wildman–Crippen MR) is 84.1 cm³/mol. The number of rotatable bonds is 6. The van der Waals surface area contributed by atoms with Crippen LogP contribution in [0.1, 0.15) is 30.1 Å². The Morgan fingerprint density at radius 2 is 2.22 bits per heavy atom. The van der Waals surface area contributed by atoms with Gasteiger partial charge in [0.1, 0.15) is 11.6 Å². The van der Waals surface area contributed by atoms with Gasteiger partial charge >= 0.3 is 0 Å². The van der Waals surface area contributed by atoms with E-state index in [1.165, 1.54) is 5.57 Å². The highest BCUT2D eigenvalue weighted by Crippen LogP contribution is 2.16. The molecule has 6 heteroatoms. The van der Waals surface area contributed by atoms with Crippen molar-refractivity contribution in [3.63, 3.8) is 0 Å². The smallest absolute Gasteiger partial charge is 0.254 e. The summed E-state index contributed by atoms with van der Waals surface area (Å²) in [5, 5.41) is 11.6. The number of carbonyl (C=O) groups is 1. The Morgan fingerprint density at radius 1 is 1.43 bits per heavy atom. The van der Waals surface area contributed by atoms with E-state index in [-0.39, 0.29) is 18.2 Å². The Morgan fingerprint density at radius 3 is 2.87 bits per heavy atom. The summed E-state index contributed by atoms with van der Waals surface area (Å²) in [4.78, 5) is 14.2. The van der Waals surface area contributed by atoms with E-state index in [0.29, 0.717) is 13.0 Å². The molecule has 0 radical (unpaired) electrons. The quantitative estimate of drug-likeness (QED) is 0.788. The van der Waals surface area contributed by atoms with Gasteiger partial charge in [0.05, 0.1) is 12.2 Å². The third-order valence-electron chi connectivity index (χ3n) is 3.92. The highest BCUT2D eigenvalue weighted by Gasteiger charge is 2.17. The molecule has 1 heterocycles. The van der Waals surface area contributed by atoms with Crippen LogP contribution in [-0.4, -0.2) is 48.2 Å². The van der Waals surface area contributed by atoms with Crippen LogP contribution in [0.15, 0.2) is 29.8 Å². The second-order valence-electron chi connectivity index (χ2n) is 5.84. The summed E-state index contributed by atoms with van der Waals surface area (Å²) in [6.45, 7) is 4.32. The molecule has 1 unspecified atom stereocenters. The number of nitrogens with one attached hydrogen (secondary N) is 1. The molecule has 2 N–H and O–H groups in total. The van der Waals surface area contributed by atoms with Crippen molar-refractivity contribution in [3.8, 4) is 0 Å². The number of hydrogen-bond acceptors (Lipinski definition) is 3. The number of aliphatic hydroxyl groups excluding tert-OH is 1. The second kappa shape index (κ2) is 8.17. The molecule has 0 aliphatic carbocycles. The zero-order valence-corrected chi connectivity index (χ0v) is 13.2. The van der Waals surface area contributed by atoms with E-state index in [1.54, 1.807) is 0 Å². The van der Waals surface area contributed by atoms with E-state index in [9.17, 15) is 13.6 Å². The fourth-order valence-corrected chi connectivity index (χ4v) is 2.70. The number of benzene rings is 1. The molecule has 2 rings (SSSR count). The number of aliphatic hydroxyl groups is 1. The third kappa shape index (κ3) is 5.11. The van der Waals surface area contributed by atoms with Crippen molar-refractivity contribution in [2.75, 3.05) is 26.2 Å². The zero-order chi connectivity index (χ0) is 16.8. The zero-order valence-electron chi connectivity index (χ0n) is 13.2. The average molecular weight is 324 g/mol. The molecule has 1 amide bonds. The van der Waals surface area contributed by atoms with Gasteiger partial charge in [-0.3, -0.25) is 9.69 Å². The van der Waals surface area contributed by atoms with E-state index in [0.717, 1.165) is 37.7 Å². The summed E-state index contributed by atoms with van der Waals surface area (Å²) < 4.78 is 26.7. The molecule has 0 fully saturated rings. The van der Waals surface area contributed by atoms with Crippen LogP contribution < -0.4 is 5.32 Å². The summed E-state index contributed by atoms with van der Waals surface area (Å²) >= 11 is 0. The normalized spacial score (nSPS) is 16.8. The van der Waals surface area contributed by atoms with E-state index >= 15 is 0 Å². The van der Waals surface area contributed by atoms with Crippen LogP contribution in [0.3, 0.4) is 0 Å². The lowest BCUT2D eigenvalue weighted by atomic mass is 10.0. The summed E-state index contributed by atoms with van der Waals surface area (Å²) in [6, 6.07) is 2.68. The molecule has 1 aliphatic heterocycles. The van der Waals surface area contributed by atoms with Gasteiger partial charge in [-0.15, -0.1) is 0 Å². The number of β-amino-alcohol motifs (C(OH)–C–C–N with tert-alkyl or cyclic N) is 1. The summed E-state index contributed by atoms with van der Waals surface area (Å²) in [6.07, 6.45) is 3.66. The summed E-state index contributed by atoms with van der Waals surface area (Å²) in [7, 11) is 0. The van der Waals surface area contributed by atoms with E-state index in [2.05, 4.69) is 16.3 Å². The van der Waals surface area contributed by atoms with Gasteiger partial charge in [-0.05, 0) is 38.0 Å². The van der Waals surface area contributed by atoms with Crippen LogP contribution in [-0.2, 0) is 0 Å². The van der Waals surface area contributed by atoms with Crippen molar-refractivity contribution in [1.29, 1.82) is 0 Å². The van der Waals surface area contributed by atoms with Crippen LogP contribution >= 0.6 is 0 Å². The molecule has 1 aliphatic rings. The number of halogens is 2. The lowest BCUT2D eigenvalue weighted by Crippen LogP contribution is -2.35. The monoisotopic (exact) mass is 324 g/mol. The fourth-order valence-electron chi connectivity index (χ4n) is 2.70. The van der Waals surface area contributed by atoms with Crippen molar-refractivity contribution in [2.45, 2.75) is 25.8 Å². The van der Waals surface area contributed by atoms with Crippen molar-refractivity contribution in [2.24, 2.45) is 0 Å². The van der Waals surface area contributed by atoms with Gasteiger partial charge in [-0.25, -0.2) is 8.78 Å². The number of nitrogens with zero attached hydrogens (tertiary/aromatic N) is 1. The van der Waals surface area contributed by atoms with Gasteiger partial charge in [0.25, 0.3) is 5.91 Å². The summed E-state index contributed by atoms with van der Waals surface area (Å²) in [5.41, 5.74) is 0.954. The van der Waals surface area contributed by atoms with Gasteiger partial charge in [-0.2, -0.15) is 0 Å². The molecular formula is C17H22F2N2O2. The maximum absolute atomic E-state index is 13.6. The number of hydrogen-bond donors (Lipinski definition) is 2. The lowest BCUT2D eigenvalue weighted by molar-refractivity contribution is 0.0935. The Balaban J connectivity index is 1.88. The van der Waals surface area contributed by atoms with Crippen LogP contribution in [0.5, 0.6) is 0 Å². The molecule has 0 spiro atoms. The van der Waals surface area contributed by atoms with Crippen LogP contribution in [0, 0.1) is 11.6 Å². The molecule has 23 heavy (non-hydrogen) atoms. The molecule has 1 aromatic carbocycles. The van der Waals surface area contributed by atoms with E-state index < -0.39 is 17.5 Å². The molecule has 0 aromatic heterocycles. The Labute approximate surface area is 134 Å². The number of carbonyl (C=O) groups excluding carboxylic acids is 1. The first kappa shape index (κ1) is 17.6. The van der Waals surface area contributed by atoms with Crippen LogP contribution in [0.25, 0.3) is 0 Å². The fraction of sp³-hybridized carbons (Fsp3) is 0.471. The molecular weight excluding hydrogens is 302 g/mol. The van der Waals surface area contributed by atoms with Crippen LogP contribution in [0.4, 0.5) is 8.78 Å². The van der Waals surface area contributed by atoms with Gasteiger partial charge < -0.3 is 10.4 Å². The lowest BCUT2D eigenvalue weighted by Gasteiger charge is -2.26. The Bertz CT molecular complexity index is 590. The first-order chi connectivity index (χ1) is 11.0. The minimum atomic E-state index is -0.729. The van der Waals surface area contributed by atoms with Crippen LogP contribution in [0.2, 0.25) is 0 Å². The average Bonchev–Trinajstić information content (AvgIpc) is 2.51. The van der Waals surface area contributed by atoms with Crippen molar-refractivity contribution in [1.82, 2.24) is 10.2 Å². The van der Waals surface area contributed by atoms with E-state index in [4.69, 9.17) is 5.11 Å². The molecule has 1 aromatic rings. The van der Waals surface area contributed by atoms with E-state index in [1.807, 2.05) is 6.92 Å². The van der Waals surface area contributed by atoms with Crippen molar-refractivity contribution in [3.05, 3.63) is 47.0 Å². The predicted octanol–water partition coefficient (Wildman–Crippen LogP) is 2.10. The maximum atomic E-state index is 13.6. The third-order valence-corrected chi connectivity index (χ3v) is 3.92. The minimum Gasteiger partial charge on any atom is -0.395 e. The molecule has 0 saturated heterocycles. The first-order valence-corrected chi connectivity index (χ1v) is 7.76. The minimum absolute atomic E-state index is 0.148. The highest BCUT2D eigenvalue weighted by atomic mass is 19.1. The van der Waals surface area contributed by atoms with Crippen molar-refractivity contribution >= 4 is 5.91 Å². The van der Waals surface area contributed by atoms with Gasteiger partial charge in [0.15, 0.2) is 0 Å². The standard InChI is InChI=1S/C17H22F2N2O2/c1-12(10-13-4-6-21(7-5-13)8-9-22)20-17(23)15-11-14(18)2-3-16(15)19/h2-4,11-12,22H,5-10H2,1H3,(H,20,23). The van der Waals surface area contributed by atoms with Gasteiger partial charge in [-0.1, -0.05) is 11.6 Å².